The van der Waals surface area contributed by atoms with Gasteiger partial charge in [0.05, 0.1) is 13.2 Å². The fourth-order valence-electron chi connectivity index (χ4n) is 2.47. The maximum atomic E-state index is 11.6. The molecule has 0 saturated carbocycles. The summed E-state index contributed by atoms with van der Waals surface area (Å²) in [5.74, 6) is -0.307. The zero-order valence-electron chi connectivity index (χ0n) is 15.7. The van der Waals surface area contributed by atoms with Crippen LogP contribution in [0.4, 0.5) is 0 Å². The molecule has 0 radical (unpaired) electrons. The lowest BCUT2D eigenvalue weighted by Crippen LogP contribution is -2.52. The first-order valence-electron chi connectivity index (χ1n) is 8.67. The molecule has 0 bridgehead atoms. The van der Waals surface area contributed by atoms with Crippen LogP contribution < -0.4 is 5.73 Å². The summed E-state index contributed by atoms with van der Waals surface area (Å²) >= 11 is 0. The minimum Gasteiger partial charge on any atom is -0.483 e. The second-order valence-electron chi connectivity index (χ2n) is 5.73. The summed E-state index contributed by atoms with van der Waals surface area (Å²) in [5, 5.41) is 6.89. The van der Waals surface area contributed by atoms with Crippen molar-refractivity contribution in [2.75, 3.05) is 20.3 Å². The summed E-state index contributed by atoms with van der Waals surface area (Å²) in [7, 11) is 1.62. The first-order chi connectivity index (χ1) is 12.5. The Morgan fingerprint density at radius 3 is 2.50 bits per heavy atom. The van der Waals surface area contributed by atoms with E-state index in [-0.39, 0.29) is 31.1 Å². The van der Waals surface area contributed by atoms with E-state index in [0.29, 0.717) is 6.61 Å². The van der Waals surface area contributed by atoms with Gasteiger partial charge in [-0.1, -0.05) is 56.7 Å². The van der Waals surface area contributed by atoms with Crippen LogP contribution in [-0.2, 0) is 23.8 Å². The van der Waals surface area contributed by atoms with Crippen LogP contribution >= 0.6 is 0 Å². The summed E-state index contributed by atoms with van der Waals surface area (Å²) in [5.41, 5.74) is 5.34. The Morgan fingerprint density at radius 1 is 1.27 bits per heavy atom. The molecule has 7 nitrogen and oxygen atoms in total. The maximum absolute atomic E-state index is 11.6. The van der Waals surface area contributed by atoms with Crippen molar-refractivity contribution in [2.45, 2.75) is 45.0 Å². The topological polar surface area (TPSA) is 108 Å². The molecule has 1 aliphatic heterocycles. The van der Waals surface area contributed by atoms with Gasteiger partial charge < -0.3 is 25.1 Å². The van der Waals surface area contributed by atoms with Gasteiger partial charge >= 0.3 is 5.97 Å². The molecule has 0 amide bonds. The van der Waals surface area contributed by atoms with E-state index in [1.807, 2.05) is 37.3 Å². The molecule has 1 fully saturated rings. The highest BCUT2D eigenvalue weighted by Crippen LogP contribution is 2.26. The van der Waals surface area contributed by atoms with Gasteiger partial charge in [0.15, 0.2) is 6.10 Å². The number of rotatable bonds is 8. The van der Waals surface area contributed by atoms with Crippen LogP contribution in [0, 0.1) is 5.92 Å². The monoisotopic (exact) mass is 369 g/mol. The van der Waals surface area contributed by atoms with Crippen LogP contribution in [-0.4, -0.2) is 56.1 Å². The number of unbranched alkanes of at least 4 members (excludes halogenated alkanes) is 1. The van der Waals surface area contributed by atoms with E-state index in [2.05, 4.69) is 13.0 Å². The predicted molar refractivity (Wildman–Crippen MR) is 99.7 cm³/mol. The summed E-state index contributed by atoms with van der Waals surface area (Å²) < 4.78 is 16.7. The molecule has 4 atom stereocenters. The van der Waals surface area contributed by atoms with E-state index in [1.54, 1.807) is 7.11 Å². The minimum atomic E-state index is -0.486. The third-order valence-electron chi connectivity index (χ3n) is 3.69. The zero-order valence-corrected chi connectivity index (χ0v) is 15.7. The van der Waals surface area contributed by atoms with Gasteiger partial charge in [-0.05, 0) is 6.42 Å². The number of hydrogen-bond donors (Lipinski definition) is 2. The number of ether oxygens (including phenoxy) is 3. The average Bonchev–Trinajstić information content (AvgIpc) is 2.63. The van der Waals surface area contributed by atoms with Crippen molar-refractivity contribution >= 4 is 12.4 Å². The number of esters is 1. The number of nitrogens with two attached hydrogens (primary N) is 1. The molecule has 3 N–H and O–H groups in total. The smallest absolute Gasteiger partial charge is 0.320 e. The Balaban J connectivity index is 0.00000194. The first kappa shape index (κ1) is 24.0. The van der Waals surface area contributed by atoms with Gasteiger partial charge in [0.1, 0.15) is 12.2 Å². The van der Waals surface area contributed by atoms with E-state index in [9.17, 15) is 4.79 Å². The normalized spacial score (nSPS) is 26.0. The molecule has 0 aromatic carbocycles. The van der Waals surface area contributed by atoms with E-state index in [4.69, 9.17) is 29.8 Å². The Hall–Kier alpha value is -1.96. The third kappa shape index (κ3) is 9.50. The minimum absolute atomic E-state index is 0.146. The van der Waals surface area contributed by atoms with Crippen molar-refractivity contribution in [2.24, 2.45) is 11.7 Å². The van der Waals surface area contributed by atoms with Crippen molar-refractivity contribution in [3.63, 3.8) is 0 Å². The highest BCUT2D eigenvalue weighted by atomic mass is 16.6. The van der Waals surface area contributed by atoms with Gasteiger partial charge in [0.2, 0.25) is 0 Å². The summed E-state index contributed by atoms with van der Waals surface area (Å²) in [6.07, 6.45) is 13.0. The van der Waals surface area contributed by atoms with Gasteiger partial charge in [0.25, 0.3) is 6.47 Å². The number of allylic oxidation sites excluding steroid dienone is 5. The molecule has 1 aliphatic rings. The molecule has 1 rings (SSSR count). The average molecular weight is 369 g/mol. The highest BCUT2D eigenvalue weighted by Gasteiger charge is 2.40. The molecule has 0 unspecified atom stereocenters. The fraction of sp³-hybridized carbons (Fsp3) is 0.579. The quantitative estimate of drug-likeness (QED) is 0.383. The molecule has 1 saturated heterocycles. The van der Waals surface area contributed by atoms with Crippen LogP contribution in [0.15, 0.2) is 36.5 Å². The van der Waals surface area contributed by atoms with E-state index >= 15 is 0 Å². The van der Waals surface area contributed by atoms with Gasteiger partial charge in [-0.3, -0.25) is 9.59 Å². The molecule has 0 spiro atoms. The lowest BCUT2D eigenvalue weighted by atomic mass is 9.93. The zero-order chi connectivity index (χ0) is 19.8. The summed E-state index contributed by atoms with van der Waals surface area (Å²) in [6, 6.07) is 0. The molecule has 148 valence electrons. The lowest BCUT2D eigenvalue weighted by Gasteiger charge is -2.39. The molecule has 0 aliphatic carbocycles. The van der Waals surface area contributed by atoms with Crippen molar-refractivity contribution in [1.29, 1.82) is 0 Å². The molecular weight excluding hydrogens is 338 g/mol. The fourth-order valence-corrected chi connectivity index (χ4v) is 2.47. The van der Waals surface area contributed by atoms with Crippen LogP contribution in [0.3, 0.4) is 0 Å². The highest BCUT2D eigenvalue weighted by molar-refractivity contribution is 5.71. The summed E-state index contributed by atoms with van der Waals surface area (Å²) in [4.78, 5) is 19.9. The maximum Gasteiger partial charge on any atom is 0.320 e. The molecule has 1 heterocycles. The van der Waals surface area contributed by atoms with E-state index in [1.165, 1.54) is 0 Å². The Labute approximate surface area is 155 Å². The van der Waals surface area contributed by atoms with Crippen LogP contribution in [0.5, 0.6) is 0 Å². The van der Waals surface area contributed by atoms with Crippen LogP contribution in [0.1, 0.15) is 26.7 Å². The first-order valence-corrected chi connectivity index (χ1v) is 8.67. The van der Waals surface area contributed by atoms with Gasteiger partial charge in [-0.15, -0.1) is 0 Å². The Morgan fingerprint density at radius 2 is 1.92 bits per heavy atom. The van der Waals surface area contributed by atoms with E-state index in [0.717, 1.165) is 12.8 Å². The third-order valence-corrected chi connectivity index (χ3v) is 3.69. The van der Waals surface area contributed by atoms with Crippen LogP contribution in [0.25, 0.3) is 0 Å². The van der Waals surface area contributed by atoms with Crippen LogP contribution in [0.2, 0.25) is 0 Å². The van der Waals surface area contributed by atoms with Crippen molar-refractivity contribution in [3.05, 3.63) is 36.5 Å². The van der Waals surface area contributed by atoms with Crippen molar-refractivity contribution in [3.8, 4) is 0 Å². The summed E-state index contributed by atoms with van der Waals surface area (Å²) in [6.45, 7) is 4.31. The number of carbonyl (C=O) groups is 2. The number of hydrogen-bond acceptors (Lipinski definition) is 6. The Kier molecular flexibility index (Phi) is 14.2. The number of carboxylic acid groups (broad SMARTS) is 1. The largest absolute Gasteiger partial charge is 0.483 e. The molecule has 26 heavy (non-hydrogen) atoms. The van der Waals surface area contributed by atoms with E-state index < -0.39 is 12.1 Å². The SMILES string of the molecule is CCC/C=C/C=C/C=C\[C@@H]1OC[C@H](C)[C@H](OC)[C@H]1OC(=O)CN.O=CO. The van der Waals surface area contributed by atoms with Crippen molar-refractivity contribution in [1.82, 2.24) is 0 Å². The predicted octanol–water partition coefficient (Wildman–Crippen LogP) is 2.08. The van der Waals surface area contributed by atoms with Gasteiger partial charge in [-0.25, -0.2) is 0 Å². The second kappa shape index (κ2) is 15.3. The lowest BCUT2D eigenvalue weighted by molar-refractivity contribution is -0.189. The van der Waals surface area contributed by atoms with Crippen molar-refractivity contribution < 1.29 is 28.9 Å². The van der Waals surface area contributed by atoms with Gasteiger partial charge in [0, 0.05) is 13.0 Å². The molecule has 0 aromatic heterocycles. The molecule has 0 aromatic rings. The Bertz CT molecular complexity index is 475. The molecular formula is C19H31NO6. The second-order valence-corrected chi connectivity index (χ2v) is 5.73. The molecule has 7 heteroatoms. The standard InChI is InChI=1S/C18H29NO4.CH2O2/c1-4-5-6-7-8-9-10-11-15-18(23-16(20)12-19)17(21-3)14(2)13-22-15;2-1-3/h6-11,14-15,17-18H,4-5,12-13,19H2,1-3H3;1H,(H,2,3)/b7-6+,9-8+,11-10-;/t14-,15-,17-,18-;/m0./s1. The number of carbonyl (C=O) groups excluding carboxylic acids is 1. The van der Waals surface area contributed by atoms with Gasteiger partial charge in [-0.2, -0.15) is 0 Å². The number of methoxy groups -OCH3 is 1.